The van der Waals surface area contributed by atoms with Crippen LogP contribution in [-0.2, 0) is 17.5 Å². The molecule has 3 aromatic heterocycles. The molecule has 0 unspecified atom stereocenters. The first-order valence-electron chi connectivity index (χ1n) is 7.78. The number of carbonyl (C=O) groups is 2. The van der Waals surface area contributed by atoms with E-state index in [0.717, 1.165) is 0 Å². The monoisotopic (exact) mass is 408 g/mol. The van der Waals surface area contributed by atoms with Gasteiger partial charge in [-0.25, -0.2) is 4.79 Å². The number of hydrogen-bond donors (Lipinski definition) is 2. The molecule has 0 bridgehead atoms. The maximum absolute atomic E-state index is 12.5. The van der Waals surface area contributed by atoms with E-state index < -0.39 is 24.1 Å². The maximum atomic E-state index is 12.5. The first kappa shape index (κ1) is 19.7. The Bertz CT molecular complexity index is 1020. The first-order valence-corrected chi connectivity index (χ1v) is 7.78. The molecule has 0 aliphatic rings. The second-order valence-electron chi connectivity index (χ2n) is 5.47. The Kier molecular flexibility index (Phi) is 5.38. The lowest BCUT2D eigenvalue weighted by Crippen LogP contribution is -2.15. The van der Waals surface area contributed by atoms with E-state index in [1.807, 2.05) is 0 Å². The Balaban J connectivity index is 1.55. The molecule has 0 fully saturated rings. The fraction of sp³-hybridized carbons (Fsp3) is 0.125. The number of halogens is 3. The number of alkyl halides is 3. The zero-order chi connectivity index (χ0) is 21.0. The highest BCUT2D eigenvalue weighted by Gasteiger charge is 2.38. The smallest absolute Gasteiger partial charge is 0.444 e. The Morgan fingerprint density at radius 3 is 2.48 bits per heavy atom. The number of nitrogens with one attached hydrogen (secondary N) is 1. The Hall–Kier alpha value is -4.03. The second-order valence-corrected chi connectivity index (χ2v) is 5.47. The summed E-state index contributed by atoms with van der Waals surface area (Å²) in [6.45, 7) is -0.119. The molecule has 3 heterocycles. The van der Waals surface area contributed by atoms with Crippen LogP contribution < -0.4 is 11.1 Å². The van der Waals surface area contributed by atoms with Gasteiger partial charge in [0.1, 0.15) is 18.0 Å². The lowest BCUT2D eigenvalue weighted by atomic mass is 10.2. The molecule has 0 spiro atoms. The zero-order valence-electron chi connectivity index (χ0n) is 14.3. The van der Waals surface area contributed by atoms with Crippen molar-refractivity contribution in [2.24, 2.45) is 5.73 Å². The van der Waals surface area contributed by atoms with Crippen LogP contribution in [-0.4, -0.2) is 32.1 Å². The summed E-state index contributed by atoms with van der Waals surface area (Å²) in [7, 11) is 0. The molecule has 0 saturated heterocycles. The van der Waals surface area contributed by atoms with Gasteiger partial charge in [0.15, 0.2) is 0 Å². The predicted octanol–water partition coefficient (Wildman–Crippen LogP) is 2.39. The molecule has 13 heteroatoms. The van der Waals surface area contributed by atoms with E-state index in [1.165, 1.54) is 36.7 Å². The highest BCUT2D eigenvalue weighted by atomic mass is 19.4. The minimum Gasteiger partial charge on any atom is -0.444 e. The fourth-order valence-electron chi connectivity index (χ4n) is 2.00. The van der Waals surface area contributed by atoms with Crippen LogP contribution in [0.3, 0.4) is 0 Å². The number of nitrogens with two attached hydrogens (primary N) is 1. The fourth-order valence-corrected chi connectivity index (χ4v) is 2.00. The molecular formula is C16H11F3N6O4. The summed E-state index contributed by atoms with van der Waals surface area (Å²) in [6, 6.07) is 5.59. The number of anilines is 1. The lowest BCUT2D eigenvalue weighted by molar-refractivity contribution is -0.159. The molecule has 3 N–H and O–H groups in total. The van der Waals surface area contributed by atoms with Gasteiger partial charge in [-0.05, 0) is 18.2 Å². The minimum absolute atomic E-state index is 0.0174. The average Bonchev–Trinajstić information content (AvgIpc) is 3.18. The molecule has 2 amide bonds. The third kappa shape index (κ3) is 5.03. The number of primary amides is 1. The van der Waals surface area contributed by atoms with E-state index in [0.29, 0.717) is 5.56 Å². The van der Waals surface area contributed by atoms with Crippen molar-refractivity contribution in [3.63, 3.8) is 0 Å². The number of aromatic nitrogens is 4. The van der Waals surface area contributed by atoms with Crippen LogP contribution in [0.2, 0.25) is 0 Å². The van der Waals surface area contributed by atoms with E-state index in [4.69, 9.17) is 10.5 Å². The van der Waals surface area contributed by atoms with E-state index in [9.17, 15) is 22.8 Å². The molecule has 0 radical (unpaired) electrons. The number of hydrogen-bond acceptors (Lipinski definition) is 8. The quantitative estimate of drug-likeness (QED) is 0.654. The van der Waals surface area contributed by atoms with Crippen LogP contribution in [0.25, 0.3) is 11.5 Å². The topological polar surface area (TPSA) is 146 Å². The summed E-state index contributed by atoms with van der Waals surface area (Å²) >= 11 is 0. The van der Waals surface area contributed by atoms with Crippen molar-refractivity contribution in [2.45, 2.75) is 12.8 Å². The first-order chi connectivity index (χ1) is 13.7. The van der Waals surface area contributed by atoms with E-state index in [2.05, 4.69) is 29.9 Å². The van der Waals surface area contributed by atoms with Crippen molar-refractivity contribution in [3.05, 3.63) is 53.8 Å². The van der Waals surface area contributed by atoms with Crippen molar-refractivity contribution < 1.29 is 32.0 Å². The summed E-state index contributed by atoms with van der Waals surface area (Å²) < 4.78 is 46.5. The molecule has 0 aliphatic heterocycles. The number of nitrogens with zero attached hydrogens (tertiary/aromatic N) is 4. The maximum Gasteiger partial charge on any atom is 0.471 e. The third-order valence-electron chi connectivity index (χ3n) is 3.35. The van der Waals surface area contributed by atoms with Gasteiger partial charge in [0, 0.05) is 11.8 Å². The number of rotatable bonds is 5. The summed E-state index contributed by atoms with van der Waals surface area (Å²) in [5, 5.41) is 5.60. The third-order valence-corrected chi connectivity index (χ3v) is 3.35. The molecule has 150 valence electrons. The molecule has 3 rings (SSSR count). The molecule has 10 nitrogen and oxygen atoms in total. The predicted molar refractivity (Wildman–Crippen MR) is 89.1 cm³/mol. The number of carbonyl (C=O) groups excluding carboxylic acids is 2. The summed E-state index contributed by atoms with van der Waals surface area (Å²) in [6.07, 6.45) is -3.04. The number of pyridine rings is 2. The van der Waals surface area contributed by atoms with E-state index in [-0.39, 0.29) is 29.5 Å². The van der Waals surface area contributed by atoms with Gasteiger partial charge < -0.3 is 15.0 Å². The zero-order valence-corrected chi connectivity index (χ0v) is 14.3. The van der Waals surface area contributed by atoms with Crippen LogP contribution in [0.4, 0.5) is 23.7 Å². The summed E-state index contributed by atoms with van der Waals surface area (Å²) in [5.41, 5.74) is 5.92. The number of ether oxygens (including phenoxy) is 1. The second kappa shape index (κ2) is 7.92. The van der Waals surface area contributed by atoms with Gasteiger partial charge in [0.05, 0.1) is 11.9 Å². The van der Waals surface area contributed by atoms with Gasteiger partial charge in [0.2, 0.25) is 5.82 Å². The lowest BCUT2D eigenvalue weighted by Gasteiger charge is -2.07. The average molecular weight is 408 g/mol. The number of amides is 2. The van der Waals surface area contributed by atoms with Gasteiger partial charge in [-0.15, -0.1) is 0 Å². The molecule has 29 heavy (non-hydrogen) atoms. The van der Waals surface area contributed by atoms with Crippen molar-refractivity contribution in [2.75, 3.05) is 5.32 Å². The van der Waals surface area contributed by atoms with Gasteiger partial charge in [-0.3, -0.25) is 20.1 Å². The Morgan fingerprint density at radius 2 is 1.93 bits per heavy atom. The highest BCUT2D eigenvalue weighted by molar-refractivity contribution is 5.90. The standard InChI is InChI=1S/C16H11F3N6O4/c17-16(18,19)14-24-13(25-29-14)11-4-2-9(6-22-11)23-15(27)28-7-8-1-3-10(12(20)26)21-5-8/h1-6H,7H2,(H2,20,26)(H,23,27). The van der Waals surface area contributed by atoms with Crippen LogP contribution in [0, 0.1) is 0 Å². The summed E-state index contributed by atoms with van der Waals surface area (Å²) in [4.78, 5) is 33.6. The molecule has 0 atom stereocenters. The SMILES string of the molecule is NC(=O)c1ccc(COC(=O)Nc2ccc(-c3noc(C(F)(F)F)n3)nc2)cn1. The minimum atomic E-state index is -4.76. The largest absolute Gasteiger partial charge is 0.471 e. The summed E-state index contributed by atoms with van der Waals surface area (Å²) in [5.74, 6) is -2.52. The van der Waals surface area contributed by atoms with Gasteiger partial charge in [-0.1, -0.05) is 11.2 Å². The van der Waals surface area contributed by atoms with E-state index >= 15 is 0 Å². The van der Waals surface area contributed by atoms with Crippen LogP contribution in [0.15, 0.2) is 41.2 Å². The van der Waals surface area contributed by atoms with Crippen molar-refractivity contribution in [1.29, 1.82) is 0 Å². The molecule has 0 saturated carbocycles. The molecule has 0 aliphatic carbocycles. The molecular weight excluding hydrogens is 397 g/mol. The van der Waals surface area contributed by atoms with Crippen LogP contribution in [0.5, 0.6) is 0 Å². The van der Waals surface area contributed by atoms with Crippen molar-refractivity contribution >= 4 is 17.7 Å². The highest BCUT2D eigenvalue weighted by Crippen LogP contribution is 2.29. The molecule has 3 aromatic rings. The van der Waals surface area contributed by atoms with Gasteiger partial charge >= 0.3 is 18.2 Å². The Labute approximate surface area is 159 Å². The van der Waals surface area contributed by atoms with Crippen molar-refractivity contribution in [1.82, 2.24) is 20.1 Å². The van der Waals surface area contributed by atoms with Crippen molar-refractivity contribution in [3.8, 4) is 11.5 Å². The van der Waals surface area contributed by atoms with Crippen LogP contribution >= 0.6 is 0 Å². The van der Waals surface area contributed by atoms with Gasteiger partial charge in [-0.2, -0.15) is 18.2 Å². The van der Waals surface area contributed by atoms with Gasteiger partial charge in [0.25, 0.3) is 5.91 Å². The Morgan fingerprint density at radius 1 is 1.14 bits per heavy atom. The normalized spacial score (nSPS) is 11.1. The molecule has 0 aromatic carbocycles. The van der Waals surface area contributed by atoms with Crippen LogP contribution in [0.1, 0.15) is 21.9 Å². The van der Waals surface area contributed by atoms with E-state index in [1.54, 1.807) is 0 Å².